The van der Waals surface area contributed by atoms with Crippen molar-refractivity contribution < 1.29 is 14.3 Å². The zero-order valence-corrected chi connectivity index (χ0v) is 18.1. The molecule has 0 unspecified atom stereocenters. The maximum Gasteiger partial charge on any atom is 0.251 e. The van der Waals surface area contributed by atoms with Gasteiger partial charge < -0.3 is 14.8 Å². The van der Waals surface area contributed by atoms with Crippen molar-refractivity contribution >= 4 is 5.91 Å². The second-order valence-corrected chi connectivity index (χ2v) is 7.11. The Bertz CT molecular complexity index is 993. The van der Waals surface area contributed by atoms with Crippen molar-refractivity contribution in [1.82, 2.24) is 15.1 Å². The predicted molar refractivity (Wildman–Crippen MR) is 117 cm³/mol. The average Bonchev–Trinajstić information content (AvgIpc) is 3.05. The predicted octanol–water partition coefficient (Wildman–Crippen LogP) is 4.28. The van der Waals surface area contributed by atoms with Gasteiger partial charge in [-0.15, -0.1) is 0 Å². The highest BCUT2D eigenvalue weighted by Crippen LogP contribution is 2.28. The van der Waals surface area contributed by atoms with Crippen LogP contribution in [-0.4, -0.2) is 28.9 Å². The first kappa shape index (κ1) is 21.4. The van der Waals surface area contributed by atoms with Gasteiger partial charge in [-0.25, -0.2) is 0 Å². The van der Waals surface area contributed by atoms with Gasteiger partial charge >= 0.3 is 0 Å². The fourth-order valence-corrected chi connectivity index (χ4v) is 3.26. The van der Waals surface area contributed by atoms with Crippen LogP contribution in [0.25, 0.3) is 0 Å². The molecule has 2 aromatic carbocycles. The lowest BCUT2D eigenvalue weighted by Gasteiger charge is -2.13. The highest BCUT2D eigenvalue weighted by atomic mass is 16.5. The lowest BCUT2D eigenvalue weighted by atomic mass is 10.1. The summed E-state index contributed by atoms with van der Waals surface area (Å²) in [5.41, 5.74) is 4.81. The zero-order chi connectivity index (χ0) is 21.5. The first-order valence-corrected chi connectivity index (χ1v) is 10.3. The molecule has 30 heavy (non-hydrogen) atoms. The molecule has 0 aliphatic carbocycles. The standard InChI is InChI=1S/C24H29N3O3/c1-5-29-22-12-9-20(14-23(22)30-6-2)15-25-24(28)21-10-7-19(8-11-21)16-27-18(4)13-17(3)26-27/h7-14H,5-6,15-16H2,1-4H3,(H,25,28). The van der Waals surface area contributed by atoms with Crippen molar-refractivity contribution in [3.8, 4) is 11.5 Å². The Balaban J connectivity index is 1.60. The van der Waals surface area contributed by atoms with E-state index in [9.17, 15) is 4.79 Å². The van der Waals surface area contributed by atoms with Gasteiger partial charge in [0.2, 0.25) is 0 Å². The minimum Gasteiger partial charge on any atom is -0.490 e. The third-order valence-electron chi connectivity index (χ3n) is 4.71. The van der Waals surface area contributed by atoms with E-state index in [1.54, 1.807) is 0 Å². The van der Waals surface area contributed by atoms with E-state index >= 15 is 0 Å². The molecule has 1 aromatic heterocycles. The van der Waals surface area contributed by atoms with Crippen LogP contribution in [0.2, 0.25) is 0 Å². The molecule has 0 bridgehead atoms. The molecule has 0 saturated carbocycles. The number of benzene rings is 2. The topological polar surface area (TPSA) is 65.4 Å². The Morgan fingerprint density at radius 1 is 0.933 bits per heavy atom. The van der Waals surface area contributed by atoms with Crippen molar-refractivity contribution in [1.29, 1.82) is 0 Å². The summed E-state index contributed by atoms with van der Waals surface area (Å²) in [6, 6.07) is 15.4. The van der Waals surface area contributed by atoms with Gasteiger partial charge in [0.05, 0.1) is 25.5 Å². The smallest absolute Gasteiger partial charge is 0.251 e. The van der Waals surface area contributed by atoms with Crippen molar-refractivity contribution in [3.63, 3.8) is 0 Å². The minimum atomic E-state index is -0.112. The van der Waals surface area contributed by atoms with Crippen LogP contribution >= 0.6 is 0 Å². The highest BCUT2D eigenvalue weighted by molar-refractivity contribution is 5.94. The van der Waals surface area contributed by atoms with Crippen LogP contribution in [0.1, 0.15) is 46.7 Å². The molecule has 6 heteroatoms. The second-order valence-electron chi connectivity index (χ2n) is 7.11. The third-order valence-corrected chi connectivity index (χ3v) is 4.71. The summed E-state index contributed by atoms with van der Waals surface area (Å²) in [4.78, 5) is 12.5. The highest BCUT2D eigenvalue weighted by Gasteiger charge is 2.09. The molecule has 1 heterocycles. The number of amides is 1. The van der Waals surface area contributed by atoms with Gasteiger partial charge in [-0.05, 0) is 69.2 Å². The summed E-state index contributed by atoms with van der Waals surface area (Å²) < 4.78 is 13.2. The molecule has 0 saturated heterocycles. The molecule has 1 N–H and O–H groups in total. The van der Waals surface area contributed by atoms with Gasteiger partial charge in [-0.1, -0.05) is 18.2 Å². The Morgan fingerprint density at radius 3 is 2.23 bits per heavy atom. The Hall–Kier alpha value is -3.28. The van der Waals surface area contributed by atoms with Crippen LogP contribution in [0, 0.1) is 13.8 Å². The fraction of sp³-hybridized carbons (Fsp3) is 0.333. The number of aromatic nitrogens is 2. The van der Waals surface area contributed by atoms with E-state index in [1.807, 2.05) is 74.8 Å². The number of ether oxygens (including phenoxy) is 2. The van der Waals surface area contributed by atoms with Crippen LogP contribution in [0.3, 0.4) is 0 Å². The molecular weight excluding hydrogens is 378 g/mol. The van der Waals surface area contributed by atoms with Crippen LogP contribution in [0.5, 0.6) is 11.5 Å². The molecular formula is C24H29N3O3. The number of carbonyl (C=O) groups is 1. The summed E-state index contributed by atoms with van der Waals surface area (Å²) in [7, 11) is 0. The van der Waals surface area contributed by atoms with Crippen molar-refractivity contribution in [3.05, 3.63) is 76.6 Å². The number of rotatable bonds is 9. The molecule has 158 valence electrons. The summed E-state index contributed by atoms with van der Waals surface area (Å²) in [5.74, 6) is 1.30. The molecule has 0 radical (unpaired) electrons. The number of nitrogens with one attached hydrogen (secondary N) is 1. The van der Waals surface area contributed by atoms with Crippen molar-refractivity contribution in [2.24, 2.45) is 0 Å². The molecule has 0 spiro atoms. The Morgan fingerprint density at radius 2 is 1.60 bits per heavy atom. The number of hydrogen-bond donors (Lipinski definition) is 1. The first-order chi connectivity index (χ1) is 14.5. The zero-order valence-electron chi connectivity index (χ0n) is 18.1. The average molecular weight is 408 g/mol. The molecule has 6 nitrogen and oxygen atoms in total. The van der Waals surface area contributed by atoms with Crippen molar-refractivity contribution in [2.45, 2.75) is 40.8 Å². The lowest BCUT2D eigenvalue weighted by molar-refractivity contribution is 0.0951. The van der Waals surface area contributed by atoms with Crippen LogP contribution in [0.4, 0.5) is 0 Å². The number of carbonyl (C=O) groups excluding carboxylic acids is 1. The summed E-state index contributed by atoms with van der Waals surface area (Å²) in [6.45, 7) is 10.1. The number of hydrogen-bond acceptors (Lipinski definition) is 4. The largest absolute Gasteiger partial charge is 0.490 e. The van der Waals surface area contributed by atoms with E-state index in [-0.39, 0.29) is 5.91 Å². The third kappa shape index (κ3) is 5.41. The van der Waals surface area contributed by atoms with Gasteiger partial charge in [0, 0.05) is 17.8 Å². The first-order valence-electron chi connectivity index (χ1n) is 10.3. The van der Waals surface area contributed by atoms with E-state index < -0.39 is 0 Å². The molecule has 3 rings (SSSR count). The maximum absolute atomic E-state index is 12.5. The molecule has 0 aliphatic heterocycles. The van der Waals surface area contributed by atoms with Gasteiger partial charge in [-0.3, -0.25) is 9.48 Å². The quantitative estimate of drug-likeness (QED) is 0.575. The van der Waals surface area contributed by atoms with Crippen LogP contribution in [-0.2, 0) is 13.1 Å². The molecule has 0 fully saturated rings. The molecule has 1 amide bonds. The SMILES string of the molecule is CCOc1ccc(CNC(=O)c2ccc(Cn3nc(C)cc3C)cc2)cc1OCC. The second kappa shape index (κ2) is 9.96. The summed E-state index contributed by atoms with van der Waals surface area (Å²) >= 11 is 0. The van der Waals surface area contributed by atoms with E-state index in [4.69, 9.17) is 9.47 Å². The molecule has 3 aromatic rings. The van der Waals surface area contributed by atoms with Gasteiger partial charge in [0.1, 0.15) is 0 Å². The van der Waals surface area contributed by atoms with Crippen LogP contribution in [0.15, 0.2) is 48.5 Å². The molecule has 0 aliphatic rings. The van der Waals surface area contributed by atoms with E-state index in [1.165, 1.54) is 0 Å². The van der Waals surface area contributed by atoms with Gasteiger partial charge in [0.25, 0.3) is 5.91 Å². The van der Waals surface area contributed by atoms with E-state index in [0.29, 0.717) is 43.4 Å². The number of nitrogens with zero attached hydrogens (tertiary/aromatic N) is 2. The maximum atomic E-state index is 12.5. The molecule has 0 atom stereocenters. The van der Waals surface area contributed by atoms with Crippen LogP contribution < -0.4 is 14.8 Å². The van der Waals surface area contributed by atoms with E-state index in [2.05, 4.69) is 16.5 Å². The Kier molecular flexibility index (Phi) is 7.12. The number of aryl methyl sites for hydroxylation is 2. The van der Waals surface area contributed by atoms with Crippen molar-refractivity contribution in [2.75, 3.05) is 13.2 Å². The van der Waals surface area contributed by atoms with Gasteiger partial charge in [0.15, 0.2) is 11.5 Å². The minimum absolute atomic E-state index is 0.112. The van der Waals surface area contributed by atoms with Gasteiger partial charge in [-0.2, -0.15) is 5.10 Å². The lowest BCUT2D eigenvalue weighted by Crippen LogP contribution is -2.22. The summed E-state index contributed by atoms with van der Waals surface area (Å²) in [6.07, 6.45) is 0. The van der Waals surface area contributed by atoms with E-state index in [0.717, 1.165) is 22.5 Å². The monoisotopic (exact) mass is 407 g/mol. The normalized spacial score (nSPS) is 10.7. The summed E-state index contributed by atoms with van der Waals surface area (Å²) in [5, 5.41) is 7.45. The fourth-order valence-electron chi connectivity index (χ4n) is 3.26. The Labute approximate surface area is 177 Å².